The SMILES string of the molecule is Cl.Cn1cc([C@H]2CNC[C@@H]2C(=O)Nc2ccc3ncsc3c2)cn1. The number of aromatic nitrogens is 3. The third-order valence-electron chi connectivity index (χ3n) is 4.30. The van der Waals surface area contributed by atoms with Gasteiger partial charge in [-0.2, -0.15) is 5.10 Å². The monoisotopic (exact) mass is 363 g/mol. The fourth-order valence-corrected chi connectivity index (χ4v) is 3.82. The van der Waals surface area contributed by atoms with Gasteiger partial charge in [0, 0.05) is 37.9 Å². The molecule has 0 unspecified atom stereocenters. The summed E-state index contributed by atoms with van der Waals surface area (Å²) < 4.78 is 2.86. The lowest BCUT2D eigenvalue weighted by Crippen LogP contribution is -2.28. The van der Waals surface area contributed by atoms with Gasteiger partial charge in [-0.05, 0) is 23.8 Å². The molecule has 1 amide bonds. The number of halogens is 1. The summed E-state index contributed by atoms with van der Waals surface area (Å²) >= 11 is 1.58. The van der Waals surface area contributed by atoms with E-state index in [1.807, 2.05) is 43.2 Å². The second-order valence-corrected chi connectivity index (χ2v) is 6.73. The van der Waals surface area contributed by atoms with Gasteiger partial charge in [-0.15, -0.1) is 23.7 Å². The summed E-state index contributed by atoms with van der Waals surface area (Å²) in [5.41, 5.74) is 4.71. The maximum Gasteiger partial charge on any atom is 0.229 e. The van der Waals surface area contributed by atoms with Crippen LogP contribution < -0.4 is 10.6 Å². The number of nitrogens with zero attached hydrogens (tertiary/aromatic N) is 3. The molecule has 6 nitrogen and oxygen atoms in total. The average molecular weight is 364 g/mol. The molecule has 2 aromatic heterocycles. The highest BCUT2D eigenvalue weighted by Crippen LogP contribution is 2.29. The standard InChI is InChI=1S/C16H17N5OS.ClH/c1-21-8-10(5-19-21)12-6-17-7-13(12)16(22)20-11-2-3-14-15(4-11)23-9-18-14;/h2-5,8-9,12-13,17H,6-7H2,1H3,(H,20,22);1H/t12-,13+;/m1./s1. The van der Waals surface area contributed by atoms with Gasteiger partial charge in [-0.25, -0.2) is 4.98 Å². The molecule has 1 saturated heterocycles. The molecule has 1 aliphatic heterocycles. The molecule has 8 heteroatoms. The molecule has 0 radical (unpaired) electrons. The van der Waals surface area contributed by atoms with E-state index in [0.717, 1.165) is 28.0 Å². The lowest BCUT2D eigenvalue weighted by atomic mass is 9.90. The topological polar surface area (TPSA) is 71.8 Å². The maximum absolute atomic E-state index is 12.7. The Kier molecular flexibility index (Phi) is 4.84. The fraction of sp³-hybridized carbons (Fsp3) is 0.312. The van der Waals surface area contributed by atoms with Crippen LogP contribution in [0.1, 0.15) is 11.5 Å². The van der Waals surface area contributed by atoms with Crippen LogP contribution in [0.5, 0.6) is 0 Å². The minimum absolute atomic E-state index is 0. The third-order valence-corrected chi connectivity index (χ3v) is 5.09. The molecule has 0 bridgehead atoms. The van der Waals surface area contributed by atoms with Crippen molar-refractivity contribution in [1.82, 2.24) is 20.1 Å². The molecule has 0 aliphatic carbocycles. The average Bonchev–Trinajstić information content (AvgIpc) is 3.26. The van der Waals surface area contributed by atoms with Crippen molar-refractivity contribution < 1.29 is 4.79 Å². The van der Waals surface area contributed by atoms with Crippen molar-refractivity contribution in [2.45, 2.75) is 5.92 Å². The second kappa shape index (κ2) is 6.88. The van der Waals surface area contributed by atoms with Gasteiger partial charge in [-0.3, -0.25) is 9.48 Å². The number of thiazole rings is 1. The van der Waals surface area contributed by atoms with Crippen LogP contribution in [0.15, 0.2) is 36.1 Å². The zero-order chi connectivity index (χ0) is 15.8. The quantitative estimate of drug-likeness (QED) is 0.749. The lowest BCUT2D eigenvalue weighted by Gasteiger charge is -2.17. The number of nitrogens with one attached hydrogen (secondary N) is 2. The van der Waals surface area contributed by atoms with Gasteiger partial charge in [0.1, 0.15) is 0 Å². The number of carbonyl (C=O) groups excluding carboxylic acids is 1. The number of anilines is 1. The number of hydrogen-bond acceptors (Lipinski definition) is 5. The number of aryl methyl sites for hydroxylation is 1. The Bertz CT molecular complexity index is 861. The normalized spacial score (nSPS) is 20.0. The molecule has 0 spiro atoms. The molecule has 4 rings (SSSR count). The predicted octanol–water partition coefficient (Wildman–Crippen LogP) is 2.39. The van der Waals surface area contributed by atoms with Gasteiger partial charge in [0.15, 0.2) is 0 Å². The first kappa shape index (κ1) is 16.9. The molecule has 3 heterocycles. The summed E-state index contributed by atoms with van der Waals surface area (Å²) in [5.74, 6) is 0.125. The fourth-order valence-electron chi connectivity index (χ4n) is 3.10. The Labute approximate surface area is 149 Å². The molecule has 1 fully saturated rings. The summed E-state index contributed by atoms with van der Waals surface area (Å²) in [6.45, 7) is 1.49. The van der Waals surface area contributed by atoms with Crippen molar-refractivity contribution in [3.05, 3.63) is 41.7 Å². The number of rotatable bonds is 3. The Hall–Kier alpha value is -1.96. The minimum atomic E-state index is -0.0867. The van der Waals surface area contributed by atoms with Crippen LogP contribution in [-0.2, 0) is 11.8 Å². The highest BCUT2D eigenvalue weighted by molar-refractivity contribution is 7.16. The van der Waals surface area contributed by atoms with Crippen LogP contribution in [0.25, 0.3) is 10.2 Å². The zero-order valence-electron chi connectivity index (χ0n) is 13.1. The van der Waals surface area contributed by atoms with Crippen LogP contribution in [0.3, 0.4) is 0 Å². The van der Waals surface area contributed by atoms with E-state index in [9.17, 15) is 4.79 Å². The van der Waals surface area contributed by atoms with Gasteiger partial charge in [0.05, 0.1) is 27.8 Å². The van der Waals surface area contributed by atoms with Crippen LogP contribution in [0.2, 0.25) is 0 Å². The first-order valence-corrected chi connectivity index (χ1v) is 8.42. The first-order valence-electron chi connectivity index (χ1n) is 7.54. The van der Waals surface area contributed by atoms with Gasteiger partial charge in [-0.1, -0.05) is 0 Å². The molecule has 2 N–H and O–H groups in total. The Morgan fingerprint density at radius 2 is 2.29 bits per heavy atom. The van der Waals surface area contributed by atoms with E-state index in [2.05, 4.69) is 20.7 Å². The van der Waals surface area contributed by atoms with Crippen molar-refractivity contribution in [2.75, 3.05) is 18.4 Å². The molecular weight excluding hydrogens is 346 g/mol. The molecule has 126 valence electrons. The van der Waals surface area contributed by atoms with E-state index in [1.54, 1.807) is 16.0 Å². The maximum atomic E-state index is 12.7. The Morgan fingerprint density at radius 3 is 3.08 bits per heavy atom. The van der Waals surface area contributed by atoms with Gasteiger partial charge in [0.25, 0.3) is 0 Å². The molecule has 24 heavy (non-hydrogen) atoms. The highest BCUT2D eigenvalue weighted by atomic mass is 35.5. The number of fused-ring (bicyclic) bond motifs is 1. The predicted molar refractivity (Wildman–Crippen MR) is 97.8 cm³/mol. The summed E-state index contributed by atoms with van der Waals surface area (Å²) in [5, 5.41) is 10.6. The summed E-state index contributed by atoms with van der Waals surface area (Å²) in [6, 6.07) is 5.82. The second-order valence-electron chi connectivity index (χ2n) is 5.84. The van der Waals surface area contributed by atoms with E-state index >= 15 is 0 Å². The molecule has 0 saturated carbocycles. The third kappa shape index (κ3) is 3.15. The zero-order valence-corrected chi connectivity index (χ0v) is 14.7. The molecule has 1 aliphatic rings. The summed E-state index contributed by atoms with van der Waals surface area (Å²) in [4.78, 5) is 16.9. The number of hydrogen-bond donors (Lipinski definition) is 2. The molecule has 3 aromatic rings. The minimum Gasteiger partial charge on any atom is -0.326 e. The number of benzene rings is 1. The summed E-state index contributed by atoms with van der Waals surface area (Å²) in [6.07, 6.45) is 3.84. The summed E-state index contributed by atoms with van der Waals surface area (Å²) in [7, 11) is 1.89. The number of amides is 1. The van der Waals surface area contributed by atoms with Gasteiger partial charge in [0.2, 0.25) is 5.91 Å². The van der Waals surface area contributed by atoms with E-state index in [4.69, 9.17) is 0 Å². The smallest absolute Gasteiger partial charge is 0.229 e. The Balaban J connectivity index is 0.00000169. The first-order chi connectivity index (χ1) is 11.2. The van der Waals surface area contributed by atoms with E-state index in [0.29, 0.717) is 6.54 Å². The van der Waals surface area contributed by atoms with Crippen LogP contribution in [0, 0.1) is 5.92 Å². The van der Waals surface area contributed by atoms with Crippen molar-refractivity contribution in [2.24, 2.45) is 13.0 Å². The van der Waals surface area contributed by atoms with Gasteiger partial charge < -0.3 is 10.6 Å². The van der Waals surface area contributed by atoms with Crippen LogP contribution in [0.4, 0.5) is 5.69 Å². The molecular formula is C16H18ClN5OS. The van der Waals surface area contributed by atoms with Crippen LogP contribution in [-0.4, -0.2) is 33.8 Å². The Morgan fingerprint density at radius 1 is 1.42 bits per heavy atom. The van der Waals surface area contributed by atoms with E-state index in [-0.39, 0.29) is 30.2 Å². The van der Waals surface area contributed by atoms with Crippen LogP contribution >= 0.6 is 23.7 Å². The van der Waals surface area contributed by atoms with E-state index < -0.39 is 0 Å². The highest BCUT2D eigenvalue weighted by Gasteiger charge is 2.34. The van der Waals surface area contributed by atoms with Crippen molar-refractivity contribution in [3.63, 3.8) is 0 Å². The molecule has 2 atom stereocenters. The van der Waals surface area contributed by atoms with Crippen molar-refractivity contribution >= 4 is 45.6 Å². The molecule has 1 aromatic carbocycles. The van der Waals surface area contributed by atoms with Gasteiger partial charge >= 0.3 is 0 Å². The largest absolute Gasteiger partial charge is 0.326 e. The number of carbonyl (C=O) groups is 1. The van der Waals surface area contributed by atoms with Crippen molar-refractivity contribution in [1.29, 1.82) is 0 Å². The lowest BCUT2D eigenvalue weighted by molar-refractivity contribution is -0.119. The van der Waals surface area contributed by atoms with E-state index in [1.165, 1.54) is 0 Å². The van der Waals surface area contributed by atoms with Crippen molar-refractivity contribution in [3.8, 4) is 0 Å².